The van der Waals surface area contributed by atoms with E-state index in [1.54, 1.807) is 12.3 Å². The SMILES string of the molecule is CSc1ncccc1C(=O)N1CCCC(CCC(=O)NCc2ccc(C)o2)C1. The highest BCUT2D eigenvalue weighted by Gasteiger charge is 2.26. The van der Waals surface area contributed by atoms with Gasteiger partial charge < -0.3 is 14.6 Å². The van der Waals surface area contributed by atoms with Gasteiger partial charge in [0.1, 0.15) is 16.5 Å². The first kappa shape index (κ1) is 20.5. The van der Waals surface area contributed by atoms with Crippen LogP contribution >= 0.6 is 11.8 Å². The molecule has 1 aliphatic heterocycles. The highest BCUT2D eigenvalue weighted by molar-refractivity contribution is 7.98. The van der Waals surface area contributed by atoms with Crippen LogP contribution in [0.5, 0.6) is 0 Å². The van der Waals surface area contributed by atoms with Gasteiger partial charge in [-0.05, 0) is 62.6 Å². The van der Waals surface area contributed by atoms with Gasteiger partial charge in [0.2, 0.25) is 5.91 Å². The van der Waals surface area contributed by atoms with Crippen LogP contribution in [0, 0.1) is 12.8 Å². The summed E-state index contributed by atoms with van der Waals surface area (Å²) < 4.78 is 5.46. The standard InChI is InChI=1S/C21H27N3O3S/c1-15-7-9-17(27-15)13-23-19(25)10-8-16-5-4-12-24(14-16)21(26)18-6-3-11-22-20(18)28-2/h3,6-7,9,11,16H,4-5,8,10,12-14H2,1-2H3,(H,23,25). The minimum atomic E-state index is 0.0226. The van der Waals surface area contributed by atoms with E-state index in [9.17, 15) is 9.59 Å². The minimum Gasteiger partial charge on any atom is -0.465 e. The van der Waals surface area contributed by atoms with Gasteiger partial charge in [-0.1, -0.05) is 0 Å². The lowest BCUT2D eigenvalue weighted by molar-refractivity contribution is -0.121. The Kier molecular flexibility index (Phi) is 7.14. The molecular formula is C21H27N3O3S. The van der Waals surface area contributed by atoms with Gasteiger partial charge in [0, 0.05) is 25.7 Å². The number of hydrogen-bond donors (Lipinski definition) is 1. The van der Waals surface area contributed by atoms with E-state index >= 15 is 0 Å². The third-order valence-electron chi connectivity index (χ3n) is 5.04. The van der Waals surface area contributed by atoms with Gasteiger partial charge in [0.25, 0.3) is 5.91 Å². The maximum absolute atomic E-state index is 12.9. The number of nitrogens with one attached hydrogen (secondary N) is 1. The Balaban J connectivity index is 1.48. The molecule has 1 saturated heterocycles. The van der Waals surface area contributed by atoms with Crippen LogP contribution in [0.1, 0.15) is 47.6 Å². The molecule has 2 amide bonds. The van der Waals surface area contributed by atoms with E-state index in [0.29, 0.717) is 31.0 Å². The minimum absolute atomic E-state index is 0.0226. The molecule has 1 fully saturated rings. The molecule has 0 saturated carbocycles. The number of nitrogens with zero attached hydrogens (tertiary/aromatic N) is 2. The number of hydrogen-bond acceptors (Lipinski definition) is 5. The van der Waals surface area contributed by atoms with Crippen molar-refractivity contribution >= 4 is 23.6 Å². The van der Waals surface area contributed by atoms with E-state index < -0.39 is 0 Å². The average molecular weight is 402 g/mol. The maximum Gasteiger partial charge on any atom is 0.256 e. The fourth-order valence-electron chi connectivity index (χ4n) is 3.56. The van der Waals surface area contributed by atoms with Gasteiger partial charge in [-0.2, -0.15) is 0 Å². The van der Waals surface area contributed by atoms with Crippen LogP contribution in [0.2, 0.25) is 0 Å². The fraction of sp³-hybridized carbons (Fsp3) is 0.476. The van der Waals surface area contributed by atoms with Crippen LogP contribution in [0.25, 0.3) is 0 Å². The molecule has 2 aromatic rings. The van der Waals surface area contributed by atoms with E-state index in [2.05, 4.69) is 10.3 Å². The summed E-state index contributed by atoms with van der Waals surface area (Å²) in [4.78, 5) is 31.3. The van der Waals surface area contributed by atoms with Crippen molar-refractivity contribution in [1.29, 1.82) is 0 Å². The maximum atomic E-state index is 12.9. The van der Waals surface area contributed by atoms with Crippen molar-refractivity contribution < 1.29 is 14.0 Å². The topological polar surface area (TPSA) is 75.4 Å². The molecule has 3 rings (SSSR count). The second kappa shape index (κ2) is 9.78. The zero-order chi connectivity index (χ0) is 19.9. The summed E-state index contributed by atoms with van der Waals surface area (Å²) in [6.07, 6.45) is 6.92. The number of piperidine rings is 1. The van der Waals surface area contributed by atoms with Crippen molar-refractivity contribution in [3.8, 4) is 0 Å². The van der Waals surface area contributed by atoms with Crippen LogP contribution < -0.4 is 5.32 Å². The number of carbonyl (C=O) groups excluding carboxylic acids is 2. The molecule has 1 unspecified atom stereocenters. The molecule has 1 aliphatic rings. The fourth-order valence-corrected chi connectivity index (χ4v) is 4.10. The number of pyridine rings is 1. The second-order valence-corrected chi connectivity index (χ2v) is 7.94. The van der Waals surface area contributed by atoms with Crippen molar-refractivity contribution in [1.82, 2.24) is 15.2 Å². The largest absolute Gasteiger partial charge is 0.465 e. The van der Waals surface area contributed by atoms with E-state index in [1.807, 2.05) is 36.3 Å². The summed E-state index contributed by atoms with van der Waals surface area (Å²) in [6.45, 7) is 3.77. The van der Waals surface area contributed by atoms with Gasteiger partial charge in [-0.3, -0.25) is 9.59 Å². The number of rotatable bonds is 7. The zero-order valence-electron chi connectivity index (χ0n) is 16.4. The Bertz CT molecular complexity index is 821. The molecule has 0 aliphatic carbocycles. The molecule has 1 N–H and O–H groups in total. The Hall–Kier alpha value is -2.28. The molecule has 1 atom stereocenters. The Morgan fingerprint density at radius 1 is 1.36 bits per heavy atom. The Labute approximate surface area is 170 Å². The van der Waals surface area contributed by atoms with Crippen molar-refractivity contribution in [3.05, 3.63) is 47.5 Å². The van der Waals surface area contributed by atoms with Gasteiger partial charge in [0.15, 0.2) is 0 Å². The van der Waals surface area contributed by atoms with Crippen molar-refractivity contribution in [3.63, 3.8) is 0 Å². The van der Waals surface area contributed by atoms with E-state index in [4.69, 9.17) is 4.42 Å². The van der Waals surface area contributed by atoms with Gasteiger partial charge in [-0.25, -0.2) is 4.98 Å². The highest BCUT2D eigenvalue weighted by atomic mass is 32.2. The van der Waals surface area contributed by atoms with Crippen molar-refractivity contribution in [2.24, 2.45) is 5.92 Å². The lowest BCUT2D eigenvalue weighted by Crippen LogP contribution is -2.40. The number of thioether (sulfide) groups is 1. The molecule has 2 aromatic heterocycles. The van der Waals surface area contributed by atoms with Crippen LogP contribution in [0.3, 0.4) is 0 Å². The summed E-state index contributed by atoms with van der Waals surface area (Å²) in [5.74, 6) is 2.02. The number of furan rings is 1. The highest BCUT2D eigenvalue weighted by Crippen LogP contribution is 2.25. The molecule has 150 valence electrons. The quantitative estimate of drug-likeness (QED) is 0.717. The smallest absolute Gasteiger partial charge is 0.256 e. The molecule has 0 spiro atoms. The van der Waals surface area contributed by atoms with Crippen LogP contribution in [-0.4, -0.2) is 41.0 Å². The Morgan fingerprint density at radius 3 is 2.96 bits per heavy atom. The normalized spacial score (nSPS) is 16.8. The predicted molar refractivity (Wildman–Crippen MR) is 109 cm³/mol. The summed E-state index contributed by atoms with van der Waals surface area (Å²) in [5.41, 5.74) is 0.669. The second-order valence-electron chi connectivity index (χ2n) is 7.15. The van der Waals surface area contributed by atoms with Crippen LogP contribution in [0.4, 0.5) is 0 Å². The first-order valence-corrected chi connectivity index (χ1v) is 10.9. The summed E-state index contributed by atoms with van der Waals surface area (Å²) in [5, 5.41) is 3.67. The molecule has 7 heteroatoms. The Morgan fingerprint density at radius 2 is 2.21 bits per heavy atom. The van der Waals surface area contributed by atoms with Crippen LogP contribution in [-0.2, 0) is 11.3 Å². The van der Waals surface area contributed by atoms with E-state index in [1.165, 1.54) is 11.8 Å². The average Bonchev–Trinajstić information content (AvgIpc) is 3.15. The molecule has 28 heavy (non-hydrogen) atoms. The molecule has 6 nitrogen and oxygen atoms in total. The van der Waals surface area contributed by atoms with Gasteiger partial charge in [0.05, 0.1) is 12.1 Å². The summed E-state index contributed by atoms with van der Waals surface area (Å²) >= 11 is 1.49. The number of carbonyl (C=O) groups is 2. The summed E-state index contributed by atoms with van der Waals surface area (Å²) in [7, 11) is 0. The van der Waals surface area contributed by atoms with Gasteiger partial charge >= 0.3 is 0 Å². The monoisotopic (exact) mass is 401 g/mol. The number of aryl methyl sites for hydroxylation is 1. The molecule has 0 radical (unpaired) electrons. The lowest BCUT2D eigenvalue weighted by atomic mass is 9.93. The third kappa shape index (κ3) is 5.38. The van der Waals surface area contributed by atoms with E-state index in [0.717, 1.165) is 42.4 Å². The number of aromatic nitrogens is 1. The van der Waals surface area contributed by atoms with E-state index in [-0.39, 0.29) is 11.8 Å². The lowest BCUT2D eigenvalue weighted by Gasteiger charge is -2.33. The first-order chi connectivity index (χ1) is 13.6. The van der Waals surface area contributed by atoms with Crippen molar-refractivity contribution in [2.75, 3.05) is 19.3 Å². The van der Waals surface area contributed by atoms with Crippen LogP contribution in [0.15, 0.2) is 39.9 Å². The molecular weight excluding hydrogens is 374 g/mol. The third-order valence-corrected chi connectivity index (χ3v) is 5.75. The first-order valence-electron chi connectivity index (χ1n) is 9.67. The number of likely N-dealkylation sites (tertiary alicyclic amines) is 1. The molecule has 3 heterocycles. The van der Waals surface area contributed by atoms with Crippen molar-refractivity contribution in [2.45, 2.75) is 44.2 Å². The predicted octanol–water partition coefficient (Wildman–Crippen LogP) is 3.65. The number of amides is 2. The molecule has 0 bridgehead atoms. The molecule has 0 aromatic carbocycles. The summed E-state index contributed by atoms with van der Waals surface area (Å²) in [6, 6.07) is 7.41. The van der Waals surface area contributed by atoms with Gasteiger partial charge in [-0.15, -0.1) is 11.8 Å². The zero-order valence-corrected chi connectivity index (χ0v) is 17.3.